The molecule has 0 radical (unpaired) electrons. The minimum absolute atomic E-state index is 0.138. The van der Waals surface area contributed by atoms with Gasteiger partial charge in [-0.25, -0.2) is 0 Å². The third kappa shape index (κ3) is 3.85. The van der Waals surface area contributed by atoms with Crippen LogP contribution in [0.5, 0.6) is 0 Å². The smallest absolute Gasteiger partial charge is 0.310 e. The molecule has 1 aromatic heterocycles. The van der Waals surface area contributed by atoms with Gasteiger partial charge in [-0.15, -0.1) is 0 Å². The molecule has 0 saturated heterocycles. The zero-order valence-electron chi connectivity index (χ0n) is 11.4. The van der Waals surface area contributed by atoms with Gasteiger partial charge in [-0.3, -0.25) is 4.79 Å². The second-order valence-corrected chi connectivity index (χ2v) is 4.82. The van der Waals surface area contributed by atoms with E-state index >= 15 is 0 Å². The molecule has 1 N–H and O–H groups in total. The van der Waals surface area contributed by atoms with Crippen LogP contribution in [0.25, 0.3) is 10.9 Å². The highest BCUT2D eigenvalue weighted by molar-refractivity contribution is 5.87. The second kappa shape index (κ2) is 6.98. The van der Waals surface area contributed by atoms with Gasteiger partial charge in [0, 0.05) is 17.1 Å². The molecule has 0 fully saturated rings. The predicted octanol–water partition coefficient (Wildman–Crippen LogP) is 3.83. The van der Waals surface area contributed by atoms with Gasteiger partial charge >= 0.3 is 5.97 Å². The summed E-state index contributed by atoms with van der Waals surface area (Å²) in [5.74, 6) is -0.138. The van der Waals surface area contributed by atoms with Crippen LogP contribution < -0.4 is 0 Å². The Balaban J connectivity index is 1.82. The lowest BCUT2D eigenvalue weighted by atomic mass is 10.1. The zero-order chi connectivity index (χ0) is 13.5. The van der Waals surface area contributed by atoms with Gasteiger partial charge < -0.3 is 9.72 Å². The number of ether oxygens (including phenoxy) is 1. The van der Waals surface area contributed by atoms with E-state index in [-0.39, 0.29) is 5.97 Å². The Labute approximate surface area is 114 Å². The van der Waals surface area contributed by atoms with Crippen molar-refractivity contribution in [1.82, 2.24) is 4.98 Å². The van der Waals surface area contributed by atoms with Crippen LogP contribution in [0, 0.1) is 0 Å². The number of H-pyrrole nitrogens is 1. The molecule has 1 aromatic carbocycles. The minimum atomic E-state index is -0.138. The van der Waals surface area contributed by atoms with Crippen molar-refractivity contribution in [3.63, 3.8) is 0 Å². The molecule has 0 aliphatic carbocycles. The summed E-state index contributed by atoms with van der Waals surface area (Å²) >= 11 is 0. The molecule has 3 nitrogen and oxygen atoms in total. The van der Waals surface area contributed by atoms with Gasteiger partial charge in [0.1, 0.15) is 0 Å². The molecule has 102 valence electrons. The van der Waals surface area contributed by atoms with E-state index in [1.165, 1.54) is 12.8 Å². The van der Waals surface area contributed by atoms with Crippen molar-refractivity contribution in [2.75, 3.05) is 6.61 Å². The average Bonchev–Trinajstić information content (AvgIpc) is 2.82. The van der Waals surface area contributed by atoms with Crippen LogP contribution in [0.2, 0.25) is 0 Å². The van der Waals surface area contributed by atoms with Crippen molar-refractivity contribution in [3.8, 4) is 0 Å². The molecule has 0 bridgehead atoms. The van der Waals surface area contributed by atoms with Gasteiger partial charge in [0.15, 0.2) is 0 Å². The van der Waals surface area contributed by atoms with Gasteiger partial charge in [0.25, 0.3) is 0 Å². The van der Waals surface area contributed by atoms with E-state index in [4.69, 9.17) is 4.74 Å². The Morgan fingerprint density at radius 3 is 2.89 bits per heavy atom. The number of fused-ring (bicyclic) bond motifs is 1. The zero-order valence-corrected chi connectivity index (χ0v) is 11.4. The van der Waals surface area contributed by atoms with Crippen molar-refractivity contribution in [3.05, 3.63) is 36.0 Å². The number of benzene rings is 1. The number of unbranched alkanes of at least 4 members (excludes halogenated alkanes) is 3. The van der Waals surface area contributed by atoms with E-state index in [0.29, 0.717) is 13.0 Å². The first kappa shape index (κ1) is 13.7. The number of esters is 1. The molecule has 0 unspecified atom stereocenters. The lowest BCUT2D eigenvalue weighted by Gasteiger charge is -2.04. The number of aromatic nitrogens is 1. The first-order valence-corrected chi connectivity index (χ1v) is 7.02. The average molecular weight is 259 g/mol. The Morgan fingerprint density at radius 2 is 2.05 bits per heavy atom. The van der Waals surface area contributed by atoms with Crippen LogP contribution in [0.1, 0.15) is 38.2 Å². The SMILES string of the molecule is CCCCCCOC(=O)Cc1c[nH]c2ccccc12. The number of aromatic amines is 1. The molecule has 0 atom stereocenters. The maximum atomic E-state index is 11.8. The molecule has 3 heteroatoms. The third-order valence-corrected chi connectivity index (χ3v) is 3.27. The Bertz CT molecular complexity index is 530. The number of rotatable bonds is 7. The second-order valence-electron chi connectivity index (χ2n) is 4.82. The summed E-state index contributed by atoms with van der Waals surface area (Å²) < 4.78 is 5.26. The number of para-hydroxylation sites is 1. The maximum absolute atomic E-state index is 11.8. The van der Waals surface area contributed by atoms with Gasteiger partial charge in [-0.05, 0) is 18.1 Å². The van der Waals surface area contributed by atoms with E-state index in [1.807, 2.05) is 30.5 Å². The van der Waals surface area contributed by atoms with Crippen molar-refractivity contribution >= 4 is 16.9 Å². The molecule has 0 aliphatic rings. The molecular formula is C16H21NO2. The molecule has 2 aromatic rings. The Morgan fingerprint density at radius 1 is 1.21 bits per heavy atom. The van der Waals surface area contributed by atoms with E-state index < -0.39 is 0 Å². The van der Waals surface area contributed by atoms with E-state index in [1.54, 1.807) is 0 Å². The van der Waals surface area contributed by atoms with Gasteiger partial charge in [-0.1, -0.05) is 44.4 Å². The largest absolute Gasteiger partial charge is 0.465 e. The van der Waals surface area contributed by atoms with E-state index in [2.05, 4.69) is 11.9 Å². The highest BCUT2D eigenvalue weighted by Gasteiger charge is 2.09. The fourth-order valence-electron chi connectivity index (χ4n) is 2.20. The number of hydrogen-bond donors (Lipinski definition) is 1. The van der Waals surface area contributed by atoms with Crippen molar-refractivity contribution in [1.29, 1.82) is 0 Å². The summed E-state index contributed by atoms with van der Waals surface area (Å²) in [5, 5.41) is 1.10. The summed E-state index contributed by atoms with van der Waals surface area (Å²) in [6.07, 6.45) is 6.74. The van der Waals surface area contributed by atoms with Crippen LogP contribution in [-0.4, -0.2) is 17.6 Å². The summed E-state index contributed by atoms with van der Waals surface area (Å²) in [5.41, 5.74) is 2.07. The highest BCUT2D eigenvalue weighted by atomic mass is 16.5. The van der Waals surface area contributed by atoms with E-state index in [0.717, 1.165) is 29.3 Å². The monoisotopic (exact) mass is 259 g/mol. The molecule has 0 saturated carbocycles. The number of carbonyl (C=O) groups excluding carboxylic acids is 1. The summed E-state index contributed by atoms with van der Waals surface area (Å²) in [4.78, 5) is 14.9. The Kier molecular flexibility index (Phi) is 5.01. The molecule has 2 rings (SSSR count). The normalized spacial score (nSPS) is 10.8. The van der Waals surface area contributed by atoms with E-state index in [9.17, 15) is 4.79 Å². The third-order valence-electron chi connectivity index (χ3n) is 3.27. The number of carbonyl (C=O) groups is 1. The van der Waals surface area contributed by atoms with Crippen LogP contribution in [-0.2, 0) is 16.0 Å². The van der Waals surface area contributed by atoms with Crippen LogP contribution in [0.15, 0.2) is 30.5 Å². The number of nitrogens with one attached hydrogen (secondary N) is 1. The first-order valence-electron chi connectivity index (χ1n) is 7.02. The van der Waals surface area contributed by atoms with Crippen molar-refractivity contribution in [2.24, 2.45) is 0 Å². The molecule has 0 spiro atoms. The predicted molar refractivity (Wildman–Crippen MR) is 77.1 cm³/mol. The molecular weight excluding hydrogens is 238 g/mol. The lowest BCUT2D eigenvalue weighted by Crippen LogP contribution is -2.08. The Hall–Kier alpha value is -1.77. The molecule has 1 heterocycles. The summed E-state index contributed by atoms with van der Waals surface area (Å²) in [6.45, 7) is 2.71. The molecule has 0 amide bonds. The van der Waals surface area contributed by atoms with Crippen molar-refractivity contribution < 1.29 is 9.53 Å². The number of hydrogen-bond acceptors (Lipinski definition) is 2. The fourth-order valence-corrected chi connectivity index (χ4v) is 2.20. The van der Waals surface area contributed by atoms with Crippen LogP contribution >= 0.6 is 0 Å². The highest BCUT2D eigenvalue weighted by Crippen LogP contribution is 2.18. The first-order chi connectivity index (χ1) is 9.31. The molecule has 19 heavy (non-hydrogen) atoms. The lowest BCUT2D eigenvalue weighted by molar-refractivity contribution is -0.142. The summed E-state index contributed by atoms with van der Waals surface area (Å²) in [6, 6.07) is 8.00. The topological polar surface area (TPSA) is 42.1 Å². The quantitative estimate of drug-likeness (QED) is 0.606. The van der Waals surface area contributed by atoms with Gasteiger partial charge in [0.2, 0.25) is 0 Å². The van der Waals surface area contributed by atoms with Crippen LogP contribution in [0.4, 0.5) is 0 Å². The van der Waals surface area contributed by atoms with Crippen LogP contribution in [0.3, 0.4) is 0 Å². The fraction of sp³-hybridized carbons (Fsp3) is 0.438. The minimum Gasteiger partial charge on any atom is -0.465 e. The standard InChI is InChI=1S/C16H21NO2/c1-2-3-4-7-10-19-16(18)11-13-12-17-15-9-6-5-8-14(13)15/h5-6,8-9,12,17H,2-4,7,10-11H2,1H3. The maximum Gasteiger partial charge on any atom is 0.310 e. The van der Waals surface area contributed by atoms with Gasteiger partial charge in [0.05, 0.1) is 13.0 Å². The summed E-state index contributed by atoms with van der Waals surface area (Å²) in [7, 11) is 0. The van der Waals surface area contributed by atoms with Gasteiger partial charge in [-0.2, -0.15) is 0 Å². The van der Waals surface area contributed by atoms with Crippen molar-refractivity contribution in [2.45, 2.75) is 39.0 Å². The molecule has 0 aliphatic heterocycles.